The Hall–Kier alpha value is -5.24. The number of amides is 1. The Morgan fingerprint density at radius 2 is 1.70 bits per heavy atom. The van der Waals surface area contributed by atoms with Crippen molar-refractivity contribution in [2.24, 2.45) is 0 Å². The molecule has 2 aromatic heterocycles. The molecule has 63 heavy (non-hydrogen) atoms. The summed E-state index contributed by atoms with van der Waals surface area (Å²) in [5.41, 5.74) is 2.98. The minimum absolute atomic E-state index is 0.0687. The first kappa shape index (κ1) is 44.4. The van der Waals surface area contributed by atoms with Crippen molar-refractivity contribution in [3.8, 4) is 0 Å². The molecule has 1 saturated heterocycles. The van der Waals surface area contributed by atoms with Crippen molar-refractivity contribution < 1.29 is 35.6 Å². The second kappa shape index (κ2) is 19.2. The second-order valence-electron chi connectivity index (χ2n) is 15.4. The maximum Gasteiger partial charge on any atom is 0.257 e. The number of carbonyl (C=O) groups excluding carboxylic acids is 2. The second-order valence-corrected chi connectivity index (χ2v) is 21.5. The molecule has 328 valence electrons. The Morgan fingerprint density at radius 1 is 0.905 bits per heavy atom. The molecule has 18 heteroatoms. The maximum atomic E-state index is 13.8. The van der Waals surface area contributed by atoms with E-state index >= 15 is 0 Å². The van der Waals surface area contributed by atoms with Gasteiger partial charge in [-0.25, -0.2) is 31.2 Å². The smallest absolute Gasteiger partial charge is 0.257 e. The van der Waals surface area contributed by atoms with Gasteiger partial charge in [0.2, 0.25) is 0 Å². The van der Waals surface area contributed by atoms with Crippen molar-refractivity contribution >= 4 is 81.3 Å². The number of anilines is 3. The number of Topliss-reactive ketones (excluding diaryl/α,β-unsaturated/α-hetero) is 1. The highest BCUT2D eigenvalue weighted by Gasteiger charge is 2.28. The number of pyridine rings is 1. The Bertz CT molecular complexity index is 2870. The zero-order valence-electron chi connectivity index (χ0n) is 34.3. The number of rotatable bonds is 16. The number of fused-ring (bicyclic) bond motifs is 2. The number of halogens is 1. The average Bonchev–Trinajstić information content (AvgIpc) is 3.68. The van der Waals surface area contributed by atoms with E-state index in [1.807, 2.05) is 47.4 Å². The van der Waals surface area contributed by atoms with Crippen molar-refractivity contribution in [1.82, 2.24) is 14.9 Å². The van der Waals surface area contributed by atoms with Gasteiger partial charge in [-0.05, 0) is 90.7 Å². The summed E-state index contributed by atoms with van der Waals surface area (Å²) in [5, 5.41) is 6.60. The number of aromatic nitrogens is 2. The van der Waals surface area contributed by atoms with Gasteiger partial charge >= 0.3 is 0 Å². The summed E-state index contributed by atoms with van der Waals surface area (Å²) in [6, 6.07) is 28.2. The first-order chi connectivity index (χ1) is 30.3. The van der Waals surface area contributed by atoms with E-state index in [1.165, 1.54) is 41.7 Å². The lowest BCUT2D eigenvalue weighted by atomic mass is 9.94. The highest BCUT2D eigenvalue weighted by molar-refractivity contribution is 7.99. The van der Waals surface area contributed by atoms with E-state index in [9.17, 15) is 30.8 Å². The van der Waals surface area contributed by atoms with Gasteiger partial charge in [0.15, 0.2) is 30.6 Å². The summed E-state index contributed by atoms with van der Waals surface area (Å²) < 4.78 is 74.0. The van der Waals surface area contributed by atoms with E-state index < -0.39 is 37.0 Å². The van der Waals surface area contributed by atoms with Crippen LogP contribution in [0.25, 0.3) is 10.2 Å². The number of morpholine rings is 1. The molecule has 2 aliphatic heterocycles. The molecule has 4 heterocycles. The van der Waals surface area contributed by atoms with Crippen LogP contribution in [0.2, 0.25) is 0 Å². The van der Waals surface area contributed by atoms with Crippen molar-refractivity contribution in [1.29, 1.82) is 0 Å². The third kappa shape index (κ3) is 10.9. The number of hydrogen-bond donors (Lipinski definition) is 2. The van der Waals surface area contributed by atoms with E-state index in [0.29, 0.717) is 71.6 Å². The van der Waals surface area contributed by atoms with Crippen molar-refractivity contribution in [2.45, 2.75) is 40.1 Å². The molecule has 0 spiro atoms. The third-order valence-corrected chi connectivity index (χ3v) is 15.8. The zero-order chi connectivity index (χ0) is 44.1. The fourth-order valence-corrected chi connectivity index (χ4v) is 11.7. The third-order valence-electron chi connectivity index (χ3n) is 10.9. The molecule has 1 fully saturated rings. The number of ether oxygens (including phenoxy) is 1. The van der Waals surface area contributed by atoms with Crippen molar-refractivity contribution in [3.05, 3.63) is 131 Å². The van der Waals surface area contributed by atoms with E-state index in [-0.39, 0.29) is 33.1 Å². The molecule has 0 radical (unpaired) electrons. The number of carbonyl (C=O) groups is 2. The molecule has 4 aromatic carbocycles. The number of thioether (sulfide) groups is 1. The quantitative estimate of drug-likeness (QED) is 0.0753. The van der Waals surface area contributed by atoms with Gasteiger partial charge in [0, 0.05) is 61.2 Å². The van der Waals surface area contributed by atoms with Gasteiger partial charge in [0.05, 0.1) is 38.9 Å². The molecule has 8 rings (SSSR count). The summed E-state index contributed by atoms with van der Waals surface area (Å²) in [5.74, 6) is -1.39. The van der Waals surface area contributed by atoms with Gasteiger partial charge in [0.25, 0.3) is 5.91 Å². The number of nitrogens with zero attached hydrogens (tertiary/aromatic N) is 4. The Kier molecular flexibility index (Phi) is 13.6. The average molecular weight is 929 g/mol. The summed E-state index contributed by atoms with van der Waals surface area (Å²) >= 11 is 2.82. The SMILES string of the molecule is CS(=O)(=O)c1cc(S(=O)(=O)CC(=O)c2cccc(N3CCc4cccc(C(=O)Nc5nc6ccc(F)cc6s5)c4C3)n2)ccc1N[C@H](CCN1CCOCC1)CSc1ccccc1. The molecule has 1 amide bonds. The molecule has 0 bridgehead atoms. The minimum Gasteiger partial charge on any atom is -0.380 e. The minimum atomic E-state index is -4.32. The monoisotopic (exact) mass is 928 g/mol. The molecule has 2 N–H and O–H groups in total. The van der Waals surface area contributed by atoms with Crippen molar-refractivity contribution in [2.75, 3.05) is 72.7 Å². The first-order valence-electron chi connectivity index (χ1n) is 20.3. The predicted molar refractivity (Wildman–Crippen MR) is 245 cm³/mol. The first-order valence-corrected chi connectivity index (χ1v) is 25.7. The van der Waals surface area contributed by atoms with Gasteiger partial charge in [-0.15, -0.1) is 11.8 Å². The van der Waals surface area contributed by atoms with Crippen LogP contribution in [0.1, 0.15) is 38.4 Å². The van der Waals surface area contributed by atoms with Crippen LogP contribution in [-0.2, 0) is 37.4 Å². The Labute approximate surface area is 373 Å². The fraction of sp³-hybridized carbons (Fsp3) is 0.289. The number of benzene rings is 4. The molecule has 0 saturated carbocycles. The van der Waals surface area contributed by atoms with E-state index in [2.05, 4.69) is 25.5 Å². The van der Waals surface area contributed by atoms with E-state index in [4.69, 9.17) is 4.74 Å². The lowest BCUT2D eigenvalue weighted by Crippen LogP contribution is -2.39. The lowest BCUT2D eigenvalue weighted by molar-refractivity contribution is 0.0370. The van der Waals surface area contributed by atoms with Gasteiger partial charge < -0.3 is 15.0 Å². The molecule has 6 aromatic rings. The summed E-state index contributed by atoms with van der Waals surface area (Å²) in [6.07, 6.45) is 2.32. The lowest BCUT2D eigenvalue weighted by Gasteiger charge is -2.31. The van der Waals surface area contributed by atoms with Crippen LogP contribution in [0.4, 0.5) is 21.0 Å². The largest absolute Gasteiger partial charge is 0.380 e. The Morgan fingerprint density at radius 3 is 2.49 bits per heavy atom. The molecular weight excluding hydrogens is 884 g/mol. The number of nitrogens with one attached hydrogen (secondary N) is 2. The van der Waals surface area contributed by atoms with Crippen LogP contribution < -0.4 is 15.5 Å². The van der Waals surface area contributed by atoms with Crippen LogP contribution >= 0.6 is 23.1 Å². The molecule has 1 atom stereocenters. The normalized spacial score (nSPS) is 15.2. The van der Waals surface area contributed by atoms with E-state index in [1.54, 1.807) is 36.0 Å². The van der Waals surface area contributed by atoms with E-state index in [0.717, 1.165) is 48.0 Å². The number of hydrogen-bond acceptors (Lipinski definition) is 14. The maximum absolute atomic E-state index is 13.8. The molecule has 0 unspecified atom stereocenters. The molecule has 2 aliphatic rings. The standard InChI is InChI=1S/C45H45FN6O7S4/c1-62(55,56)42-26-34(14-16-39(42)47-32(18-19-51-21-23-59-24-22-51)28-60-33-8-3-2-4-9-33)63(57,58)29-40(53)37-11-6-12-43(48-37)52-20-17-30-7-5-10-35(36(30)27-52)44(54)50-45-49-38-15-13-31(46)25-41(38)61-45/h2-16,25-26,32,47H,17-24,27-29H2,1H3,(H,49,50,54)/t32-/m1/s1. The summed E-state index contributed by atoms with van der Waals surface area (Å²) in [7, 11) is -8.24. The highest BCUT2D eigenvalue weighted by Crippen LogP contribution is 2.32. The molecule has 0 aliphatic carbocycles. The Balaban J connectivity index is 0.964. The van der Waals surface area contributed by atoms with Crippen molar-refractivity contribution in [3.63, 3.8) is 0 Å². The van der Waals surface area contributed by atoms with Gasteiger partial charge in [-0.2, -0.15) is 0 Å². The molecule has 13 nitrogen and oxygen atoms in total. The van der Waals surface area contributed by atoms with Crippen LogP contribution in [0.3, 0.4) is 0 Å². The van der Waals surface area contributed by atoms with Gasteiger partial charge in [-0.3, -0.25) is 19.8 Å². The zero-order valence-corrected chi connectivity index (χ0v) is 37.6. The fourth-order valence-electron chi connectivity index (χ4n) is 7.61. The number of ketones is 1. The predicted octanol–water partition coefficient (Wildman–Crippen LogP) is 7.00. The van der Waals surface area contributed by atoms with Gasteiger partial charge in [0.1, 0.15) is 23.1 Å². The van der Waals surface area contributed by atoms with Crippen LogP contribution in [-0.4, -0.2) is 107 Å². The topological polar surface area (TPSA) is 168 Å². The highest BCUT2D eigenvalue weighted by atomic mass is 32.2. The van der Waals surface area contributed by atoms with Gasteiger partial charge in [-0.1, -0.05) is 47.7 Å². The molecular formula is C45H45FN6O7S4. The summed E-state index contributed by atoms with van der Waals surface area (Å²) in [4.78, 5) is 41.1. The number of thiazole rings is 1. The number of sulfone groups is 2. The van der Waals surface area contributed by atoms with Crippen LogP contribution in [0, 0.1) is 5.82 Å². The summed E-state index contributed by atoms with van der Waals surface area (Å²) in [6.45, 7) is 4.53. The van der Waals surface area contributed by atoms with Crippen LogP contribution in [0.5, 0.6) is 0 Å². The van der Waals surface area contributed by atoms with Crippen LogP contribution in [0.15, 0.2) is 118 Å².